The van der Waals surface area contributed by atoms with Gasteiger partial charge in [0.15, 0.2) is 11.6 Å². The second-order valence-electron chi connectivity index (χ2n) is 6.41. The zero-order valence-corrected chi connectivity index (χ0v) is 14.2. The second kappa shape index (κ2) is 6.20. The minimum Gasteiger partial charge on any atom is -0.427 e. The Hall–Kier alpha value is -2.89. The molecule has 6 nitrogen and oxygen atoms in total. The van der Waals surface area contributed by atoms with Crippen molar-refractivity contribution < 1.29 is 9.53 Å². The average molecular weight is 336 g/mol. The predicted molar refractivity (Wildman–Crippen MR) is 97.1 cm³/mol. The number of carbonyl (C=O) groups is 1. The third kappa shape index (κ3) is 2.95. The van der Waals surface area contributed by atoms with E-state index in [4.69, 9.17) is 4.74 Å². The first-order valence-electron chi connectivity index (χ1n) is 8.55. The average Bonchev–Trinajstić information content (AvgIpc) is 2.63. The first-order valence-corrected chi connectivity index (χ1v) is 8.55. The minimum absolute atomic E-state index is 0.0361. The normalized spacial score (nSPS) is 22.1. The van der Waals surface area contributed by atoms with E-state index in [0.717, 1.165) is 23.3 Å². The molecule has 0 saturated heterocycles. The van der Waals surface area contributed by atoms with E-state index in [0.29, 0.717) is 11.6 Å². The van der Waals surface area contributed by atoms with Crippen molar-refractivity contribution in [2.24, 2.45) is 5.92 Å². The molecule has 1 aromatic carbocycles. The molecule has 0 radical (unpaired) electrons. The van der Waals surface area contributed by atoms with Crippen molar-refractivity contribution in [2.45, 2.75) is 32.4 Å². The van der Waals surface area contributed by atoms with Crippen LogP contribution in [-0.2, 0) is 9.53 Å². The smallest absolute Gasteiger partial charge is 0.314 e. The van der Waals surface area contributed by atoms with Gasteiger partial charge in [0.25, 0.3) is 0 Å². The maximum atomic E-state index is 12.0. The highest BCUT2D eigenvalue weighted by Gasteiger charge is 2.29. The number of hydrogen-bond acceptors (Lipinski definition) is 6. The number of aromatic nitrogens is 2. The summed E-state index contributed by atoms with van der Waals surface area (Å²) in [6.45, 7) is 3.84. The van der Waals surface area contributed by atoms with Crippen LogP contribution in [0.15, 0.2) is 48.3 Å². The van der Waals surface area contributed by atoms with Crippen LogP contribution in [0.25, 0.3) is 11.0 Å². The molecule has 0 bridgehead atoms. The molecule has 2 heterocycles. The highest BCUT2D eigenvalue weighted by molar-refractivity contribution is 5.81. The van der Waals surface area contributed by atoms with Crippen molar-refractivity contribution >= 4 is 28.6 Å². The van der Waals surface area contributed by atoms with E-state index in [1.807, 2.05) is 56.3 Å². The van der Waals surface area contributed by atoms with Crippen LogP contribution in [0.2, 0.25) is 0 Å². The molecule has 2 N–H and O–H groups in total. The molecule has 3 unspecified atom stereocenters. The van der Waals surface area contributed by atoms with Crippen molar-refractivity contribution in [1.82, 2.24) is 9.97 Å². The standard InChI is InChI=1S/C19H20N4O2/c1-3-11(2)19(24)25-12-8-9-15-16(10-12)23-18-17(22-15)20-13-6-4-5-7-14(13)21-18/h4-11,15-16H,3H2,1-2H3,(H,20,22)(H,21,23). The number of rotatable bonds is 3. The molecule has 0 amide bonds. The van der Waals surface area contributed by atoms with Gasteiger partial charge in [-0.3, -0.25) is 4.79 Å². The zero-order valence-electron chi connectivity index (χ0n) is 14.2. The Balaban J connectivity index is 1.58. The molecule has 0 saturated carbocycles. The number of nitrogens with one attached hydrogen (secondary N) is 2. The lowest BCUT2D eigenvalue weighted by molar-refractivity contribution is -0.143. The highest BCUT2D eigenvalue weighted by Crippen LogP contribution is 2.30. The van der Waals surface area contributed by atoms with Crippen LogP contribution in [0.3, 0.4) is 0 Å². The van der Waals surface area contributed by atoms with Gasteiger partial charge in [-0.25, -0.2) is 9.97 Å². The van der Waals surface area contributed by atoms with Gasteiger partial charge in [-0.1, -0.05) is 32.1 Å². The molecule has 0 fully saturated rings. The number of carbonyl (C=O) groups excluding carboxylic acids is 1. The fourth-order valence-corrected chi connectivity index (χ4v) is 2.89. The Morgan fingerprint density at radius 1 is 1.16 bits per heavy atom. The third-order valence-corrected chi connectivity index (χ3v) is 4.61. The number of allylic oxidation sites excluding steroid dienone is 1. The van der Waals surface area contributed by atoms with Crippen LogP contribution in [0.4, 0.5) is 11.6 Å². The van der Waals surface area contributed by atoms with Crippen molar-refractivity contribution in [2.75, 3.05) is 10.6 Å². The van der Waals surface area contributed by atoms with Crippen LogP contribution in [0.1, 0.15) is 20.3 Å². The lowest BCUT2D eigenvalue weighted by atomic mass is 10.00. The molecular weight excluding hydrogens is 316 g/mol. The summed E-state index contributed by atoms with van der Waals surface area (Å²) in [5.74, 6) is 1.70. The summed E-state index contributed by atoms with van der Waals surface area (Å²) in [6, 6.07) is 7.76. The molecule has 0 spiro atoms. The summed E-state index contributed by atoms with van der Waals surface area (Å²) in [6.07, 6.45) is 6.49. The fourth-order valence-electron chi connectivity index (χ4n) is 2.89. The van der Waals surface area contributed by atoms with E-state index in [9.17, 15) is 4.79 Å². The van der Waals surface area contributed by atoms with Crippen LogP contribution in [-0.4, -0.2) is 28.0 Å². The first kappa shape index (κ1) is 15.6. The first-order chi connectivity index (χ1) is 12.1. The maximum Gasteiger partial charge on any atom is 0.314 e. The molecule has 1 aromatic heterocycles. The van der Waals surface area contributed by atoms with E-state index in [-0.39, 0.29) is 24.0 Å². The lowest BCUT2D eigenvalue weighted by Crippen LogP contribution is -2.43. The largest absolute Gasteiger partial charge is 0.427 e. The third-order valence-electron chi connectivity index (χ3n) is 4.61. The van der Waals surface area contributed by atoms with Gasteiger partial charge in [0.05, 0.1) is 29.0 Å². The summed E-state index contributed by atoms with van der Waals surface area (Å²) in [7, 11) is 0. The highest BCUT2D eigenvalue weighted by atomic mass is 16.5. The van der Waals surface area contributed by atoms with Gasteiger partial charge in [0.2, 0.25) is 0 Å². The van der Waals surface area contributed by atoms with E-state index in [2.05, 4.69) is 20.6 Å². The molecule has 4 rings (SSSR count). The Morgan fingerprint density at radius 3 is 2.44 bits per heavy atom. The monoisotopic (exact) mass is 336 g/mol. The van der Waals surface area contributed by atoms with Crippen LogP contribution < -0.4 is 10.6 Å². The van der Waals surface area contributed by atoms with Gasteiger partial charge in [0, 0.05) is 0 Å². The molecule has 1 aliphatic carbocycles. The summed E-state index contributed by atoms with van der Waals surface area (Å²) in [5, 5.41) is 6.77. The Labute approximate surface area is 146 Å². The number of ether oxygens (including phenoxy) is 1. The zero-order chi connectivity index (χ0) is 17.4. The number of para-hydroxylation sites is 2. The molecule has 1 aliphatic heterocycles. The van der Waals surface area contributed by atoms with E-state index in [1.54, 1.807) is 0 Å². The number of fused-ring (bicyclic) bond motifs is 3. The Kier molecular flexibility index (Phi) is 3.87. The molecule has 3 atom stereocenters. The van der Waals surface area contributed by atoms with Crippen molar-refractivity contribution in [1.29, 1.82) is 0 Å². The fraction of sp³-hybridized carbons (Fsp3) is 0.316. The number of esters is 1. The van der Waals surface area contributed by atoms with Crippen LogP contribution in [0, 0.1) is 5.92 Å². The molecule has 6 heteroatoms. The number of anilines is 2. The number of benzene rings is 1. The van der Waals surface area contributed by atoms with Crippen LogP contribution in [0.5, 0.6) is 0 Å². The molecule has 25 heavy (non-hydrogen) atoms. The molecule has 128 valence electrons. The topological polar surface area (TPSA) is 76.1 Å². The SMILES string of the molecule is CCC(C)C(=O)OC1=CC2Nc3nc4ccccc4nc3NC2C=C1. The number of hydrogen-bond donors (Lipinski definition) is 2. The second-order valence-corrected chi connectivity index (χ2v) is 6.41. The molecular formula is C19H20N4O2. The van der Waals surface area contributed by atoms with Gasteiger partial charge >= 0.3 is 5.97 Å². The summed E-state index contributed by atoms with van der Waals surface area (Å²) in [5.41, 5.74) is 1.69. The quantitative estimate of drug-likeness (QED) is 0.838. The van der Waals surface area contributed by atoms with Crippen LogP contribution >= 0.6 is 0 Å². The van der Waals surface area contributed by atoms with Gasteiger partial charge in [-0.05, 0) is 30.7 Å². The Morgan fingerprint density at radius 2 is 1.80 bits per heavy atom. The van der Waals surface area contributed by atoms with Gasteiger partial charge in [-0.2, -0.15) is 0 Å². The Bertz CT molecular complexity index is 890. The van der Waals surface area contributed by atoms with Crippen molar-refractivity contribution in [3.63, 3.8) is 0 Å². The van der Waals surface area contributed by atoms with E-state index in [1.165, 1.54) is 0 Å². The van der Waals surface area contributed by atoms with E-state index >= 15 is 0 Å². The van der Waals surface area contributed by atoms with Crippen molar-refractivity contribution in [3.8, 4) is 0 Å². The van der Waals surface area contributed by atoms with E-state index < -0.39 is 0 Å². The van der Waals surface area contributed by atoms with Gasteiger partial charge < -0.3 is 15.4 Å². The van der Waals surface area contributed by atoms with Gasteiger partial charge in [0.1, 0.15) is 5.76 Å². The summed E-state index contributed by atoms with van der Waals surface area (Å²) >= 11 is 0. The molecule has 2 aromatic rings. The predicted octanol–water partition coefficient (Wildman–Crippen LogP) is 3.25. The maximum absolute atomic E-state index is 12.0. The minimum atomic E-state index is -0.202. The summed E-state index contributed by atoms with van der Waals surface area (Å²) < 4.78 is 5.48. The van der Waals surface area contributed by atoms with Crippen molar-refractivity contribution in [3.05, 3.63) is 48.3 Å². The number of nitrogens with zero attached hydrogens (tertiary/aromatic N) is 2. The van der Waals surface area contributed by atoms with Gasteiger partial charge in [-0.15, -0.1) is 0 Å². The lowest BCUT2D eigenvalue weighted by Gasteiger charge is -2.33. The molecule has 2 aliphatic rings. The summed E-state index contributed by atoms with van der Waals surface area (Å²) in [4.78, 5) is 21.3.